The average Bonchev–Trinajstić information content (AvgIpc) is 2.70. The molecule has 2 amide bonds. The van der Waals surface area contributed by atoms with Crippen LogP contribution in [0, 0.1) is 12.3 Å². The number of terminal acetylenes is 1. The third-order valence-corrected chi connectivity index (χ3v) is 4.18. The van der Waals surface area contributed by atoms with Crippen molar-refractivity contribution in [3.05, 3.63) is 59.7 Å². The molecule has 0 aromatic heterocycles. The van der Waals surface area contributed by atoms with Crippen LogP contribution in [0.3, 0.4) is 0 Å². The predicted molar refractivity (Wildman–Crippen MR) is 106 cm³/mol. The minimum Gasteiger partial charge on any atom is -0.375 e. The minimum atomic E-state index is -0.258. The second kappa shape index (κ2) is 8.72. The first kappa shape index (κ1) is 19.1. The van der Waals surface area contributed by atoms with Crippen LogP contribution in [0.2, 0.25) is 0 Å². The van der Waals surface area contributed by atoms with E-state index < -0.39 is 0 Å². The molecule has 0 heterocycles. The number of benzene rings is 2. The van der Waals surface area contributed by atoms with E-state index in [1.807, 2.05) is 19.2 Å². The Morgan fingerprint density at radius 3 is 2.38 bits per heavy atom. The smallest absolute Gasteiger partial charge is 0.258 e. The van der Waals surface area contributed by atoms with Gasteiger partial charge < -0.3 is 10.2 Å². The summed E-state index contributed by atoms with van der Waals surface area (Å²) in [6, 6.07) is 14.4. The second-order valence-electron chi connectivity index (χ2n) is 5.82. The van der Waals surface area contributed by atoms with Crippen LogP contribution in [-0.2, 0) is 4.79 Å². The lowest BCUT2D eigenvalue weighted by atomic mass is 10.1. The van der Waals surface area contributed by atoms with Crippen molar-refractivity contribution in [3.8, 4) is 12.3 Å². The van der Waals surface area contributed by atoms with E-state index >= 15 is 0 Å². The fraction of sp³-hybridized carbons (Fsp3) is 0.238. The molecule has 134 valence electrons. The summed E-state index contributed by atoms with van der Waals surface area (Å²) < 4.78 is 0. The molecular formula is C21H23N3O2. The highest BCUT2D eigenvalue weighted by Gasteiger charge is 2.20. The summed E-state index contributed by atoms with van der Waals surface area (Å²) in [6.07, 6.45) is 5.45. The molecule has 0 aliphatic heterocycles. The molecule has 0 saturated carbocycles. The van der Waals surface area contributed by atoms with E-state index in [1.54, 1.807) is 36.4 Å². The SMILES string of the molecule is C#Cc1cccc(N(CC(=O)NC)C(=O)c2ccc(N(C)CC)cc2)c1. The monoisotopic (exact) mass is 349 g/mol. The number of likely N-dealkylation sites (N-methyl/N-ethyl adjacent to an activating group) is 1. The van der Waals surface area contributed by atoms with Crippen molar-refractivity contribution in [2.75, 3.05) is 37.0 Å². The number of anilines is 2. The van der Waals surface area contributed by atoms with Gasteiger partial charge in [0, 0.05) is 43.1 Å². The van der Waals surface area contributed by atoms with E-state index in [1.165, 1.54) is 11.9 Å². The third kappa shape index (κ3) is 4.42. The van der Waals surface area contributed by atoms with Gasteiger partial charge in [-0.15, -0.1) is 6.42 Å². The molecule has 0 aliphatic carbocycles. The quantitative estimate of drug-likeness (QED) is 0.816. The number of carbonyl (C=O) groups excluding carboxylic acids is 2. The van der Waals surface area contributed by atoms with Gasteiger partial charge in [-0.25, -0.2) is 0 Å². The Morgan fingerprint density at radius 2 is 1.81 bits per heavy atom. The van der Waals surface area contributed by atoms with Gasteiger partial charge in [-0.1, -0.05) is 12.0 Å². The molecule has 0 atom stereocenters. The van der Waals surface area contributed by atoms with Crippen LogP contribution in [0.1, 0.15) is 22.8 Å². The van der Waals surface area contributed by atoms with Crippen molar-refractivity contribution < 1.29 is 9.59 Å². The Bertz CT molecular complexity index is 822. The fourth-order valence-electron chi connectivity index (χ4n) is 2.46. The Hall–Kier alpha value is -3.26. The third-order valence-electron chi connectivity index (χ3n) is 4.18. The summed E-state index contributed by atoms with van der Waals surface area (Å²) in [5, 5.41) is 2.55. The lowest BCUT2D eigenvalue weighted by Gasteiger charge is -2.23. The largest absolute Gasteiger partial charge is 0.375 e. The first-order valence-electron chi connectivity index (χ1n) is 8.40. The molecule has 5 heteroatoms. The number of rotatable bonds is 6. The van der Waals surface area contributed by atoms with E-state index in [0.29, 0.717) is 16.8 Å². The average molecular weight is 349 g/mol. The Kier molecular flexibility index (Phi) is 6.40. The van der Waals surface area contributed by atoms with Crippen LogP contribution in [0.4, 0.5) is 11.4 Å². The van der Waals surface area contributed by atoms with Gasteiger partial charge in [-0.05, 0) is 49.4 Å². The van der Waals surface area contributed by atoms with Gasteiger partial charge in [0.25, 0.3) is 5.91 Å². The van der Waals surface area contributed by atoms with E-state index in [4.69, 9.17) is 6.42 Å². The highest BCUT2D eigenvalue weighted by molar-refractivity contribution is 6.08. The Labute approximate surface area is 154 Å². The minimum absolute atomic E-state index is 0.0834. The maximum atomic E-state index is 13.0. The predicted octanol–water partition coefficient (Wildman–Crippen LogP) is 2.52. The van der Waals surface area contributed by atoms with Crippen molar-refractivity contribution in [2.45, 2.75) is 6.92 Å². The molecule has 2 aromatic rings. The molecule has 5 nitrogen and oxygen atoms in total. The van der Waals surface area contributed by atoms with Crippen molar-refractivity contribution >= 4 is 23.2 Å². The lowest BCUT2D eigenvalue weighted by molar-refractivity contribution is -0.119. The van der Waals surface area contributed by atoms with Gasteiger partial charge in [0.15, 0.2) is 0 Å². The zero-order valence-corrected chi connectivity index (χ0v) is 15.3. The Balaban J connectivity index is 2.36. The van der Waals surface area contributed by atoms with E-state index in [-0.39, 0.29) is 18.4 Å². The van der Waals surface area contributed by atoms with Crippen LogP contribution >= 0.6 is 0 Å². The molecule has 0 fully saturated rings. The summed E-state index contributed by atoms with van der Waals surface area (Å²) >= 11 is 0. The maximum Gasteiger partial charge on any atom is 0.258 e. The van der Waals surface area contributed by atoms with Crippen LogP contribution in [0.25, 0.3) is 0 Å². The molecule has 26 heavy (non-hydrogen) atoms. The summed E-state index contributed by atoms with van der Waals surface area (Å²) in [7, 11) is 3.53. The Morgan fingerprint density at radius 1 is 1.12 bits per heavy atom. The molecule has 0 spiro atoms. The summed E-state index contributed by atoms with van der Waals surface area (Å²) in [5.41, 5.74) is 2.77. The van der Waals surface area contributed by atoms with E-state index in [2.05, 4.69) is 23.1 Å². The summed E-state index contributed by atoms with van der Waals surface area (Å²) in [5.74, 6) is 2.04. The van der Waals surface area contributed by atoms with Gasteiger partial charge >= 0.3 is 0 Å². The first-order valence-corrected chi connectivity index (χ1v) is 8.40. The van der Waals surface area contributed by atoms with Gasteiger partial charge in [-0.3, -0.25) is 14.5 Å². The number of hydrogen-bond donors (Lipinski definition) is 1. The molecule has 0 aliphatic rings. The highest BCUT2D eigenvalue weighted by Crippen LogP contribution is 2.20. The number of nitrogens with zero attached hydrogens (tertiary/aromatic N) is 2. The molecule has 2 rings (SSSR count). The second-order valence-corrected chi connectivity index (χ2v) is 5.82. The van der Waals surface area contributed by atoms with E-state index in [0.717, 1.165) is 12.2 Å². The number of nitrogens with one attached hydrogen (secondary N) is 1. The van der Waals surface area contributed by atoms with Crippen molar-refractivity contribution in [3.63, 3.8) is 0 Å². The molecule has 0 bridgehead atoms. The maximum absolute atomic E-state index is 13.0. The highest BCUT2D eigenvalue weighted by atomic mass is 16.2. The molecule has 0 radical (unpaired) electrons. The summed E-state index contributed by atoms with van der Waals surface area (Å²) in [4.78, 5) is 28.4. The zero-order chi connectivity index (χ0) is 19.1. The topological polar surface area (TPSA) is 52.7 Å². The summed E-state index contributed by atoms with van der Waals surface area (Å²) in [6.45, 7) is 2.84. The molecule has 1 N–H and O–H groups in total. The number of amides is 2. The van der Waals surface area contributed by atoms with E-state index in [9.17, 15) is 9.59 Å². The van der Waals surface area contributed by atoms with Crippen LogP contribution in [0.5, 0.6) is 0 Å². The molecule has 2 aromatic carbocycles. The van der Waals surface area contributed by atoms with Crippen LogP contribution in [0.15, 0.2) is 48.5 Å². The fourth-order valence-corrected chi connectivity index (χ4v) is 2.46. The van der Waals surface area contributed by atoms with Crippen molar-refractivity contribution in [1.82, 2.24) is 5.32 Å². The van der Waals surface area contributed by atoms with Crippen LogP contribution < -0.4 is 15.1 Å². The van der Waals surface area contributed by atoms with Gasteiger partial charge in [0.05, 0.1) is 0 Å². The van der Waals surface area contributed by atoms with Crippen molar-refractivity contribution in [2.24, 2.45) is 0 Å². The molecule has 0 saturated heterocycles. The normalized spacial score (nSPS) is 9.92. The standard InChI is InChI=1S/C21H23N3O2/c1-5-16-8-7-9-19(14-16)24(15-20(25)22-3)21(26)17-10-12-18(13-11-17)23(4)6-2/h1,7-14H,6,15H2,2-4H3,(H,22,25). The number of hydrogen-bond acceptors (Lipinski definition) is 3. The van der Waals surface area contributed by atoms with Crippen molar-refractivity contribution in [1.29, 1.82) is 0 Å². The van der Waals surface area contributed by atoms with Gasteiger partial charge in [0.2, 0.25) is 5.91 Å². The van der Waals surface area contributed by atoms with Gasteiger partial charge in [-0.2, -0.15) is 0 Å². The lowest BCUT2D eigenvalue weighted by Crippen LogP contribution is -2.39. The number of carbonyl (C=O) groups is 2. The molecular weight excluding hydrogens is 326 g/mol. The molecule has 0 unspecified atom stereocenters. The zero-order valence-electron chi connectivity index (χ0n) is 15.3. The first-order chi connectivity index (χ1) is 12.5. The van der Waals surface area contributed by atoms with Gasteiger partial charge in [0.1, 0.15) is 6.54 Å². The van der Waals surface area contributed by atoms with Crippen LogP contribution in [-0.4, -0.2) is 39.0 Å².